The maximum Gasteiger partial charge on any atom is 0.261 e. The van der Waals surface area contributed by atoms with Gasteiger partial charge >= 0.3 is 0 Å². The van der Waals surface area contributed by atoms with Crippen molar-refractivity contribution in [1.82, 2.24) is 5.32 Å². The maximum atomic E-state index is 12.9. The van der Waals surface area contributed by atoms with Gasteiger partial charge in [-0.15, -0.1) is 0 Å². The average Bonchev–Trinajstić information content (AvgIpc) is 2.63. The lowest BCUT2D eigenvalue weighted by Crippen LogP contribution is -2.44. The Kier molecular flexibility index (Phi) is 5.54. The number of hydrogen-bond donors (Lipinski definition) is 1. The van der Waals surface area contributed by atoms with Crippen LogP contribution in [0.1, 0.15) is 49.9 Å². The van der Waals surface area contributed by atoms with E-state index in [1.807, 2.05) is 64.1 Å². The number of ether oxygens (including phenoxy) is 3. The number of amides is 1. The van der Waals surface area contributed by atoms with Gasteiger partial charge in [0.1, 0.15) is 22.8 Å². The minimum atomic E-state index is -0.604. The standard InChI is InChI=1S/C23H29NO4/c1-14-8-7-9-20(15(14)2)27-16(3)22(25)24-19-13-23(4,5)28-21-12-17(26-6)10-11-18(19)21/h7-12,16,19H,13H2,1-6H3,(H,24,25)/t16-,19-/m0/s1. The van der Waals surface area contributed by atoms with E-state index in [4.69, 9.17) is 14.2 Å². The van der Waals surface area contributed by atoms with Crippen LogP contribution in [-0.4, -0.2) is 24.7 Å². The Balaban J connectivity index is 1.77. The summed E-state index contributed by atoms with van der Waals surface area (Å²) in [6, 6.07) is 11.4. The first-order chi connectivity index (χ1) is 13.2. The lowest BCUT2D eigenvalue weighted by molar-refractivity contribution is -0.128. The lowest BCUT2D eigenvalue weighted by atomic mass is 9.89. The highest BCUT2D eigenvalue weighted by Crippen LogP contribution is 2.41. The van der Waals surface area contributed by atoms with E-state index in [1.165, 1.54) is 0 Å². The molecule has 0 aliphatic carbocycles. The number of hydrogen-bond acceptors (Lipinski definition) is 4. The molecule has 0 spiro atoms. The molecule has 1 aliphatic heterocycles. The first-order valence-corrected chi connectivity index (χ1v) is 9.60. The van der Waals surface area contributed by atoms with E-state index >= 15 is 0 Å². The topological polar surface area (TPSA) is 56.8 Å². The Hall–Kier alpha value is -2.69. The van der Waals surface area contributed by atoms with E-state index in [2.05, 4.69) is 5.32 Å². The van der Waals surface area contributed by atoms with Gasteiger partial charge in [0.05, 0.1) is 13.2 Å². The van der Waals surface area contributed by atoms with Crippen molar-refractivity contribution < 1.29 is 19.0 Å². The van der Waals surface area contributed by atoms with Gasteiger partial charge in [-0.2, -0.15) is 0 Å². The monoisotopic (exact) mass is 383 g/mol. The van der Waals surface area contributed by atoms with Crippen molar-refractivity contribution in [3.8, 4) is 17.2 Å². The quantitative estimate of drug-likeness (QED) is 0.826. The van der Waals surface area contributed by atoms with Crippen LogP contribution in [0.3, 0.4) is 0 Å². The number of nitrogens with one attached hydrogen (secondary N) is 1. The summed E-state index contributed by atoms with van der Waals surface area (Å²) < 4.78 is 17.3. The van der Waals surface area contributed by atoms with Gasteiger partial charge in [0.25, 0.3) is 5.91 Å². The molecule has 28 heavy (non-hydrogen) atoms. The molecule has 1 N–H and O–H groups in total. The number of benzene rings is 2. The Morgan fingerprint density at radius 1 is 1.25 bits per heavy atom. The lowest BCUT2D eigenvalue weighted by Gasteiger charge is -2.38. The Morgan fingerprint density at radius 2 is 2.00 bits per heavy atom. The van der Waals surface area contributed by atoms with Crippen LogP contribution < -0.4 is 19.5 Å². The number of carbonyl (C=O) groups excluding carboxylic acids is 1. The fourth-order valence-corrected chi connectivity index (χ4v) is 3.47. The molecule has 0 radical (unpaired) electrons. The molecule has 2 aromatic carbocycles. The molecule has 1 amide bonds. The third-order valence-electron chi connectivity index (χ3n) is 5.22. The second-order valence-electron chi connectivity index (χ2n) is 7.99. The molecule has 0 bridgehead atoms. The summed E-state index contributed by atoms with van der Waals surface area (Å²) in [5.74, 6) is 2.06. The van der Waals surface area contributed by atoms with Crippen LogP contribution in [-0.2, 0) is 4.79 Å². The third-order valence-corrected chi connectivity index (χ3v) is 5.22. The normalized spacial score (nSPS) is 18.4. The van der Waals surface area contributed by atoms with Gasteiger partial charge in [-0.3, -0.25) is 4.79 Å². The Bertz CT molecular complexity index is 875. The molecule has 2 atom stereocenters. The van der Waals surface area contributed by atoms with Crippen LogP contribution in [0.25, 0.3) is 0 Å². The molecule has 0 unspecified atom stereocenters. The van der Waals surface area contributed by atoms with Crippen molar-refractivity contribution in [2.24, 2.45) is 0 Å². The summed E-state index contributed by atoms with van der Waals surface area (Å²) in [6.45, 7) is 9.84. The van der Waals surface area contributed by atoms with Crippen LogP contribution in [0, 0.1) is 13.8 Å². The van der Waals surface area contributed by atoms with Crippen LogP contribution in [0.5, 0.6) is 17.2 Å². The van der Waals surface area contributed by atoms with Crippen molar-refractivity contribution in [3.63, 3.8) is 0 Å². The molecule has 5 heteroatoms. The highest BCUT2D eigenvalue weighted by molar-refractivity contribution is 5.81. The predicted octanol–water partition coefficient (Wildman–Crippen LogP) is 4.50. The molecule has 5 nitrogen and oxygen atoms in total. The van der Waals surface area contributed by atoms with Gasteiger partial charge in [-0.25, -0.2) is 0 Å². The van der Waals surface area contributed by atoms with Gasteiger partial charge in [0.2, 0.25) is 0 Å². The minimum Gasteiger partial charge on any atom is -0.497 e. The van der Waals surface area contributed by atoms with Crippen molar-refractivity contribution in [2.75, 3.05) is 7.11 Å². The van der Waals surface area contributed by atoms with Crippen molar-refractivity contribution in [1.29, 1.82) is 0 Å². The van der Waals surface area contributed by atoms with Gasteiger partial charge < -0.3 is 19.5 Å². The fourth-order valence-electron chi connectivity index (χ4n) is 3.47. The molecule has 1 aliphatic rings. The largest absolute Gasteiger partial charge is 0.497 e. The second kappa shape index (κ2) is 7.74. The van der Waals surface area contributed by atoms with Crippen molar-refractivity contribution >= 4 is 5.91 Å². The average molecular weight is 383 g/mol. The third kappa shape index (κ3) is 4.24. The zero-order valence-corrected chi connectivity index (χ0v) is 17.5. The molecular weight excluding hydrogens is 354 g/mol. The Morgan fingerprint density at radius 3 is 2.71 bits per heavy atom. The second-order valence-corrected chi connectivity index (χ2v) is 7.99. The summed E-state index contributed by atoms with van der Waals surface area (Å²) in [5, 5.41) is 3.14. The number of carbonyl (C=O) groups is 1. The highest BCUT2D eigenvalue weighted by atomic mass is 16.5. The van der Waals surface area contributed by atoms with E-state index in [-0.39, 0.29) is 11.9 Å². The number of aryl methyl sites for hydroxylation is 1. The molecule has 0 saturated heterocycles. The Labute approximate surface area is 167 Å². The van der Waals surface area contributed by atoms with E-state index in [0.29, 0.717) is 6.42 Å². The number of fused-ring (bicyclic) bond motifs is 1. The van der Waals surface area contributed by atoms with Crippen molar-refractivity contribution in [3.05, 3.63) is 53.1 Å². The van der Waals surface area contributed by atoms with Gasteiger partial charge in [0, 0.05) is 18.1 Å². The van der Waals surface area contributed by atoms with Crippen LogP contribution in [0.15, 0.2) is 36.4 Å². The van der Waals surface area contributed by atoms with Crippen molar-refractivity contribution in [2.45, 2.75) is 58.8 Å². The molecular formula is C23H29NO4. The van der Waals surface area contributed by atoms with E-state index in [0.717, 1.165) is 33.9 Å². The molecule has 0 aromatic heterocycles. The minimum absolute atomic E-state index is 0.148. The molecule has 3 rings (SSSR count). The van der Waals surface area contributed by atoms with Crippen LogP contribution >= 0.6 is 0 Å². The van der Waals surface area contributed by atoms with Gasteiger partial charge in [0.15, 0.2) is 6.10 Å². The zero-order valence-electron chi connectivity index (χ0n) is 17.5. The molecule has 0 saturated carbocycles. The fraction of sp³-hybridized carbons (Fsp3) is 0.435. The van der Waals surface area contributed by atoms with Crippen LogP contribution in [0.4, 0.5) is 0 Å². The maximum absolute atomic E-state index is 12.9. The first kappa shape index (κ1) is 20.1. The molecule has 150 valence electrons. The SMILES string of the molecule is COc1ccc2c(c1)OC(C)(C)C[C@@H]2NC(=O)[C@H](C)Oc1cccc(C)c1C. The predicted molar refractivity (Wildman–Crippen MR) is 109 cm³/mol. The van der Waals surface area contributed by atoms with Crippen LogP contribution in [0.2, 0.25) is 0 Å². The summed E-state index contributed by atoms with van der Waals surface area (Å²) in [4.78, 5) is 12.9. The summed E-state index contributed by atoms with van der Waals surface area (Å²) >= 11 is 0. The van der Waals surface area contributed by atoms with Gasteiger partial charge in [-0.1, -0.05) is 12.1 Å². The summed E-state index contributed by atoms with van der Waals surface area (Å²) in [5.41, 5.74) is 2.74. The molecule has 1 heterocycles. The highest BCUT2D eigenvalue weighted by Gasteiger charge is 2.35. The summed E-state index contributed by atoms with van der Waals surface area (Å²) in [7, 11) is 1.63. The van der Waals surface area contributed by atoms with E-state index in [1.54, 1.807) is 14.0 Å². The summed E-state index contributed by atoms with van der Waals surface area (Å²) in [6.07, 6.45) is 0.0713. The van der Waals surface area contributed by atoms with E-state index in [9.17, 15) is 4.79 Å². The molecule has 2 aromatic rings. The van der Waals surface area contributed by atoms with Gasteiger partial charge in [-0.05, 0) is 63.9 Å². The molecule has 0 fully saturated rings. The number of methoxy groups -OCH3 is 1. The zero-order chi connectivity index (χ0) is 20.5. The smallest absolute Gasteiger partial charge is 0.261 e. The van der Waals surface area contributed by atoms with E-state index < -0.39 is 11.7 Å². The first-order valence-electron chi connectivity index (χ1n) is 9.60. The number of rotatable bonds is 5.